The number of hydrogen-bond donors (Lipinski definition) is 1. The van der Waals surface area contributed by atoms with Crippen molar-refractivity contribution < 1.29 is 14.7 Å². The van der Waals surface area contributed by atoms with Gasteiger partial charge in [0, 0.05) is 19.3 Å². The molecule has 1 N–H and O–H groups in total. The summed E-state index contributed by atoms with van der Waals surface area (Å²) >= 11 is 0. The predicted molar refractivity (Wildman–Crippen MR) is 67.7 cm³/mol. The summed E-state index contributed by atoms with van der Waals surface area (Å²) < 4.78 is 1.47. The molecule has 1 amide bonds. The van der Waals surface area contributed by atoms with E-state index in [9.17, 15) is 9.59 Å². The molecule has 1 aliphatic rings. The molecule has 0 unspecified atom stereocenters. The van der Waals surface area contributed by atoms with E-state index in [1.165, 1.54) is 10.9 Å². The topological polar surface area (TPSA) is 88.3 Å². The van der Waals surface area contributed by atoms with Crippen LogP contribution in [0.2, 0.25) is 0 Å². The first-order valence-corrected chi connectivity index (χ1v) is 6.10. The van der Waals surface area contributed by atoms with Gasteiger partial charge in [-0.05, 0) is 23.3 Å². The molecule has 0 atom stereocenters. The van der Waals surface area contributed by atoms with Crippen molar-refractivity contribution in [3.63, 3.8) is 0 Å². The minimum atomic E-state index is -0.958. The second-order valence-corrected chi connectivity index (χ2v) is 4.64. The Kier molecular flexibility index (Phi) is 2.94. The zero-order chi connectivity index (χ0) is 14.1. The van der Waals surface area contributed by atoms with Crippen molar-refractivity contribution in [1.29, 1.82) is 0 Å². The summed E-state index contributed by atoms with van der Waals surface area (Å²) in [4.78, 5) is 24.7. The molecule has 0 saturated carbocycles. The van der Waals surface area contributed by atoms with Gasteiger partial charge in [0.15, 0.2) is 0 Å². The Morgan fingerprint density at radius 2 is 2.05 bits per heavy atom. The molecule has 2 heterocycles. The van der Waals surface area contributed by atoms with Gasteiger partial charge >= 0.3 is 5.97 Å². The van der Waals surface area contributed by atoms with E-state index in [4.69, 9.17) is 5.11 Å². The van der Waals surface area contributed by atoms with Gasteiger partial charge in [-0.2, -0.15) is 0 Å². The normalized spacial score (nSPS) is 13.3. The fraction of sp³-hybridized carbons (Fsp3) is 0.231. The Hall–Kier alpha value is -2.70. The van der Waals surface area contributed by atoms with E-state index in [1.54, 1.807) is 29.3 Å². The molecule has 0 fully saturated rings. The van der Waals surface area contributed by atoms with Crippen molar-refractivity contribution in [2.24, 2.45) is 0 Å². The number of amides is 1. The highest BCUT2D eigenvalue weighted by atomic mass is 16.4. The molecule has 7 nitrogen and oxygen atoms in total. The highest BCUT2D eigenvalue weighted by molar-refractivity contribution is 5.88. The van der Waals surface area contributed by atoms with E-state index in [2.05, 4.69) is 10.3 Å². The van der Waals surface area contributed by atoms with Gasteiger partial charge in [0.2, 0.25) is 5.91 Å². The van der Waals surface area contributed by atoms with Crippen molar-refractivity contribution in [2.75, 3.05) is 0 Å². The Labute approximate surface area is 114 Å². The summed E-state index contributed by atoms with van der Waals surface area (Å²) in [6.07, 6.45) is 3.15. The fourth-order valence-corrected chi connectivity index (χ4v) is 2.26. The van der Waals surface area contributed by atoms with Crippen LogP contribution >= 0.6 is 0 Å². The molecule has 0 bridgehead atoms. The number of benzene rings is 1. The average Bonchev–Trinajstić information content (AvgIpc) is 3.05. The van der Waals surface area contributed by atoms with Gasteiger partial charge in [0.25, 0.3) is 0 Å². The summed E-state index contributed by atoms with van der Waals surface area (Å²) in [6, 6.07) is 4.95. The second kappa shape index (κ2) is 4.76. The highest BCUT2D eigenvalue weighted by Crippen LogP contribution is 2.24. The molecule has 0 spiro atoms. The number of hydrogen-bond acceptors (Lipinski definition) is 4. The molecular formula is C13H12N4O3. The van der Waals surface area contributed by atoms with E-state index in [1.807, 2.05) is 0 Å². The maximum atomic E-state index is 12.1. The summed E-state index contributed by atoms with van der Waals surface area (Å²) in [6.45, 7) is 1.08. The first-order chi connectivity index (χ1) is 9.63. The number of fused-ring (bicyclic) bond motifs is 1. The van der Waals surface area contributed by atoms with Gasteiger partial charge < -0.3 is 10.0 Å². The van der Waals surface area contributed by atoms with Gasteiger partial charge in [-0.3, -0.25) is 4.79 Å². The van der Waals surface area contributed by atoms with Crippen LogP contribution in [0.3, 0.4) is 0 Å². The lowest BCUT2D eigenvalue weighted by Crippen LogP contribution is -2.29. The van der Waals surface area contributed by atoms with Gasteiger partial charge in [0.1, 0.15) is 6.54 Å². The molecule has 20 heavy (non-hydrogen) atoms. The lowest BCUT2D eigenvalue weighted by Gasteiger charge is -2.14. The Morgan fingerprint density at radius 3 is 2.75 bits per heavy atom. The van der Waals surface area contributed by atoms with Crippen LogP contribution in [0, 0.1) is 0 Å². The minimum absolute atomic E-state index is 0.0661. The SMILES string of the molecule is O=C(O)c1ccc2c(c1)CN(C(=O)Cn1ccnn1)C2. The van der Waals surface area contributed by atoms with Crippen LogP contribution in [0.4, 0.5) is 0 Å². The fourth-order valence-electron chi connectivity index (χ4n) is 2.26. The summed E-state index contributed by atoms with van der Waals surface area (Å²) in [5, 5.41) is 16.4. The largest absolute Gasteiger partial charge is 0.478 e. The summed E-state index contributed by atoms with van der Waals surface area (Å²) in [5.74, 6) is -1.02. The minimum Gasteiger partial charge on any atom is -0.478 e. The molecule has 1 aromatic heterocycles. The van der Waals surface area contributed by atoms with Crippen molar-refractivity contribution in [2.45, 2.75) is 19.6 Å². The number of carbonyl (C=O) groups is 2. The molecule has 0 radical (unpaired) electrons. The van der Waals surface area contributed by atoms with Crippen LogP contribution in [0.1, 0.15) is 21.5 Å². The Balaban J connectivity index is 1.73. The number of carboxylic acid groups (broad SMARTS) is 1. The molecule has 1 aromatic carbocycles. The maximum Gasteiger partial charge on any atom is 0.335 e. The summed E-state index contributed by atoms with van der Waals surface area (Å²) in [7, 11) is 0. The number of carbonyl (C=O) groups excluding carboxylic acids is 1. The third-order valence-electron chi connectivity index (χ3n) is 3.30. The molecule has 102 valence electrons. The lowest BCUT2D eigenvalue weighted by molar-refractivity contribution is -0.132. The van der Waals surface area contributed by atoms with E-state index >= 15 is 0 Å². The van der Waals surface area contributed by atoms with Crippen molar-refractivity contribution >= 4 is 11.9 Å². The standard InChI is InChI=1S/C13H12N4O3/c18-12(8-17-4-3-14-15-17)16-6-10-2-1-9(13(19)20)5-11(10)7-16/h1-5H,6-8H2,(H,19,20). The highest BCUT2D eigenvalue weighted by Gasteiger charge is 2.24. The second-order valence-electron chi connectivity index (χ2n) is 4.64. The molecule has 0 saturated heterocycles. The smallest absolute Gasteiger partial charge is 0.335 e. The van der Waals surface area contributed by atoms with Crippen LogP contribution in [0.15, 0.2) is 30.6 Å². The first-order valence-electron chi connectivity index (χ1n) is 6.10. The first kappa shape index (κ1) is 12.3. The van der Waals surface area contributed by atoms with Crippen LogP contribution < -0.4 is 0 Å². The van der Waals surface area contributed by atoms with E-state index in [0.717, 1.165) is 11.1 Å². The van der Waals surface area contributed by atoms with E-state index < -0.39 is 5.97 Å². The van der Waals surface area contributed by atoms with Crippen LogP contribution in [-0.4, -0.2) is 36.9 Å². The van der Waals surface area contributed by atoms with Crippen molar-refractivity contribution in [3.8, 4) is 0 Å². The third-order valence-corrected chi connectivity index (χ3v) is 3.30. The maximum absolute atomic E-state index is 12.1. The van der Waals surface area contributed by atoms with E-state index in [-0.39, 0.29) is 18.0 Å². The van der Waals surface area contributed by atoms with Crippen molar-refractivity contribution in [3.05, 3.63) is 47.3 Å². The van der Waals surface area contributed by atoms with Gasteiger partial charge in [-0.25, -0.2) is 9.48 Å². The zero-order valence-corrected chi connectivity index (χ0v) is 10.6. The lowest BCUT2D eigenvalue weighted by atomic mass is 10.1. The monoisotopic (exact) mass is 272 g/mol. The van der Waals surface area contributed by atoms with Crippen LogP contribution in [-0.2, 0) is 24.4 Å². The number of aromatic carboxylic acids is 1. The molecule has 7 heteroatoms. The molecule has 1 aliphatic heterocycles. The number of rotatable bonds is 3. The van der Waals surface area contributed by atoms with Gasteiger partial charge in [-0.1, -0.05) is 11.3 Å². The number of aromatic nitrogens is 3. The zero-order valence-electron chi connectivity index (χ0n) is 10.6. The van der Waals surface area contributed by atoms with Crippen LogP contribution in [0.25, 0.3) is 0 Å². The quantitative estimate of drug-likeness (QED) is 0.880. The number of carboxylic acids is 1. The van der Waals surface area contributed by atoms with Gasteiger partial charge in [-0.15, -0.1) is 5.10 Å². The number of nitrogens with zero attached hydrogens (tertiary/aromatic N) is 4. The third kappa shape index (κ3) is 2.25. The average molecular weight is 272 g/mol. The van der Waals surface area contributed by atoms with Crippen LogP contribution in [0.5, 0.6) is 0 Å². The summed E-state index contributed by atoms with van der Waals surface area (Å²) in [5.41, 5.74) is 2.12. The predicted octanol–water partition coefficient (Wildman–Crippen LogP) is 0.519. The molecule has 3 rings (SSSR count). The Bertz CT molecular complexity index is 666. The molecule has 0 aliphatic carbocycles. The van der Waals surface area contributed by atoms with Gasteiger partial charge in [0.05, 0.1) is 11.8 Å². The molecular weight excluding hydrogens is 260 g/mol. The molecule has 2 aromatic rings. The van der Waals surface area contributed by atoms with E-state index in [0.29, 0.717) is 13.1 Å². The van der Waals surface area contributed by atoms with Crippen molar-refractivity contribution in [1.82, 2.24) is 19.9 Å². The Morgan fingerprint density at radius 1 is 1.25 bits per heavy atom.